The predicted octanol–water partition coefficient (Wildman–Crippen LogP) is 1.65. The van der Waals surface area contributed by atoms with Gasteiger partial charge >= 0.3 is 6.09 Å². The van der Waals surface area contributed by atoms with Crippen molar-refractivity contribution in [3.63, 3.8) is 0 Å². The molecule has 0 saturated carbocycles. The summed E-state index contributed by atoms with van der Waals surface area (Å²) in [6.07, 6.45) is 1.91. The molecule has 1 amide bonds. The Hall–Kier alpha value is -2.09. The summed E-state index contributed by atoms with van der Waals surface area (Å²) >= 11 is 0. The molecule has 2 N–H and O–H groups in total. The lowest BCUT2D eigenvalue weighted by Crippen LogP contribution is -2.37. The van der Waals surface area contributed by atoms with Gasteiger partial charge in [0.05, 0.1) is 4.90 Å². The molecule has 0 aromatic heterocycles. The Morgan fingerprint density at radius 1 is 1.32 bits per heavy atom. The summed E-state index contributed by atoms with van der Waals surface area (Å²) in [4.78, 5) is 14.5. The second-order valence-corrected chi connectivity index (χ2v) is 6.95. The number of rotatable bonds is 4. The standard InChI is InChI=1S/C14H19N3O4S/c1-11-2-4-13(5-3-11)22(20,21)16-15-10-12-6-8-17(9-7-12)14(18)19/h2-5,10,12,16H,6-9H2,1H3,(H,18,19). The first kappa shape index (κ1) is 16.3. The molecule has 0 unspecified atom stereocenters. The van der Waals surface area contributed by atoms with Crippen molar-refractivity contribution < 1.29 is 18.3 Å². The zero-order valence-corrected chi connectivity index (χ0v) is 13.1. The quantitative estimate of drug-likeness (QED) is 0.649. The van der Waals surface area contributed by atoms with E-state index < -0.39 is 16.1 Å². The van der Waals surface area contributed by atoms with E-state index in [0.29, 0.717) is 25.9 Å². The van der Waals surface area contributed by atoms with Crippen LogP contribution in [0, 0.1) is 12.8 Å². The first-order valence-corrected chi connectivity index (χ1v) is 8.46. The van der Waals surface area contributed by atoms with Crippen LogP contribution in [0.3, 0.4) is 0 Å². The maximum Gasteiger partial charge on any atom is 0.407 e. The molecule has 0 radical (unpaired) electrons. The number of nitrogens with zero attached hydrogens (tertiary/aromatic N) is 2. The number of carboxylic acid groups (broad SMARTS) is 1. The SMILES string of the molecule is Cc1ccc(S(=O)(=O)NN=CC2CCN(C(=O)O)CC2)cc1. The van der Waals surface area contributed by atoms with E-state index in [0.717, 1.165) is 5.56 Å². The largest absolute Gasteiger partial charge is 0.465 e. The monoisotopic (exact) mass is 325 g/mol. The highest BCUT2D eigenvalue weighted by molar-refractivity contribution is 7.89. The maximum atomic E-state index is 12.0. The van der Waals surface area contributed by atoms with Crippen LogP contribution in [0.4, 0.5) is 4.79 Å². The maximum absolute atomic E-state index is 12.0. The van der Waals surface area contributed by atoms with Crippen molar-refractivity contribution in [1.82, 2.24) is 9.73 Å². The van der Waals surface area contributed by atoms with Gasteiger partial charge < -0.3 is 10.0 Å². The van der Waals surface area contributed by atoms with Gasteiger partial charge in [-0.15, -0.1) is 0 Å². The number of aryl methyl sites for hydroxylation is 1. The van der Waals surface area contributed by atoms with Gasteiger partial charge in [-0.3, -0.25) is 0 Å². The minimum Gasteiger partial charge on any atom is -0.465 e. The number of likely N-dealkylation sites (tertiary alicyclic amines) is 1. The van der Waals surface area contributed by atoms with E-state index in [9.17, 15) is 13.2 Å². The molecule has 2 rings (SSSR count). The van der Waals surface area contributed by atoms with E-state index in [1.54, 1.807) is 18.3 Å². The summed E-state index contributed by atoms with van der Waals surface area (Å²) in [6, 6.07) is 6.50. The molecular weight excluding hydrogens is 306 g/mol. The fourth-order valence-electron chi connectivity index (χ4n) is 2.22. The van der Waals surface area contributed by atoms with Crippen molar-refractivity contribution in [2.75, 3.05) is 13.1 Å². The molecule has 1 aromatic carbocycles. The van der Waals surface area contributed by atoms with Crippen molar-refractivity contribution in [2.24, 2.45) is 11.0 Å². The van der Waals surface area contributed by atoms with Gasteiger partial charge in [0.15, 0.2) is 0 Å². The van der Waals surface area contributed by atoms with Crippen molar-refractivity contribution >= 4 is 22.3 Å². The van der Waals surface area contributed by atoms with Crippen LogP contribution in [-0.4, -0.2) is 43.8 Å². The molecule has 22 heavy (non-hydrogen) atoms. The zero-order chi connectivity index (χ0) is 16.2. The molecule has 0 aliphatic carbocycles. The van der Waals surface area contributed by atoms with Gasteiger partial charge in [0.25, 0.3) is 10.0 Å². The molecule has 1 fully saturated rings. The third kappa shape index (κ3) is 4.20. The second-order valence-electron chi connectivity index (χ2n) is 5.29. The smallest absolute Gasteiger partial charge is 0.407 e. The molecular formula is C14H19N3O4S. The summed E-state index contributed by atoms with van der Waals surface area (Å²) in [5, 5.41) is 12.7. The van der Waals surface area contributed by atoms with Crippen LogP contribution in [0.1, 0.15) is 18.4 Å². The van der Waals surface area contributed by atoms with Crippen molar-refractivity contribution in [1.29, 1.82) is 0 Å². The average molecular weight is 325 g/mol. The van der Waals surface area contributed by atoms with Crippen LogP contribution in [0.2, 0.25) is 0 Å². The fraction of sp³-hybridized carbons (Fsp3) is 0.429. The number of hydrazone groups is 1. The Morgan fingerprint density at radius 3 is 2.45 bits per heavy atom. The summed E-state index contributed by atoms with van der Waals surface area (Å²) in [6.45, 7) is 2.76. The molecule has 120 valence electrons. The Morgan fingerprint density at radius 2 is 1.91 bits per heavy atom. The Balaban J connectivity index is 1.89. The van der Waals surface area contributed by atoms with E-state index in [1.807, 2.05) is 6.92 Å². The molecule has 1 aliphatic rings. The lowest BCUT2D eigenvalue weighted by atomic mass is 9.99. The summed E-state index contributed by atoms with van der Waals surface area (Å²) in [5.41, 5.74) is 0.979. The van der Waals surface area contributed by atoms with Crippen molar-refractivity contribution in [3.05, 3.63) is 29.8 Å². The van der Waals surface area contributed by atoms with Crippen LogP contribution in [-0.2, 0) is 10.0 Å². The summed E-state index contributed by atoms with van der Waals surface area (Å²) in [7, 11) is -3.65. The molecule has 0 atom stereocenters. The van der Waals surface area contributed by atoms with Crippen LogP contribution in [0.5, 0.6) is 0 Å². The number of benzene rings is 1. The molecule has 1 heterocycles. The number of amides is 1. The highest BCUT2D eigenvalue weighted by Gasteiger charge is 2.21. The number of hydrogen-bond acceptors (Lipinski definition) is 4. The topological polar surface area (TPSA) is 99.1 Å². The lowest BCUT2D eigenvalue weighted by molar-refractivity contribution is 0.131. The van der Waals surface area contributed by atoms with Crippen LogP contribution in [0.15, 0.2) is 34.3 Å². The van der Waals surface area contributed by atoms with E-state index >= 15 is 0 Å². The van der Waals surface area contributed by atoms with Crippen molar-refractivity contribution in [2.45, 2.75) is 24.7 Å². The van der Waals surface area contributed by atoms with E-state index in [-0.39, 0.29) is 10.8 Å². The minimum absolute atomic E-state index is 0.0799. The van der Waals surface area contributed by atoms with E-state index in [1.165, 1.54) is 17.0 Å². The van der Waals surface area contributed by atoms with Crippen molar-refractivity contribution in [3.8, 4) is 0 Å². The van der Waals surface area contributed by atoms with Gasteiger partial charge in [-0.1, -0.05) is 17.7 Å². The molecule has 0 spiro atoms. The van der Waals surface area contributed by atoms with E-state index in [4.69, 9.17) is 5.11 Å². The number of piperidine rings is 1. The highest BCUT2D eigenvalue weighted by Crippen LogP contribution is 2.15. The normalized spacial score (nSPS) is 16.9. The number of carbonyl (C=O) groups is 1. The number of sulfonamides is 1. The number of hydrogen-bond donors (Lipinski definition) is 2. The van der Waals surface area contributed by atoms with E-state index in [2.05, 4.69) is 9.93 Å². The second kappa shape index (κ2) is 6.78. The molecule has 1 saturated heterocycles. The van der Waals surface area contributed by atoms with Gasteiger partial charge in [-0.25, -0.2) is 9.63 Å². The third-order valence-corrected chi connectivity index (χ3v) is 4.84. The molecule has 8 heteroatoms. The zero-order valence-electron chi connectivity index (χ0n) is 12.3. The summed E-state index contributed by atoms with van der Waals surface area (Å²) in [5.74, 6) is 0.0799. The highest BCUT2D eigenvalue weighted by atomic mass is 32.2. The van der Waals surface area contributed by atoms with Gasteiger partial charge in [-0.2, -0.15) is 13.5 Å². The van der Waals surface area contributed by atoms with Gasteiger partial charge in [0.1, 0.15) is 0 Å². The first-order chi connectivity index (χ1) is 10.4. The fourth-order valence-corrected chi connectivity index (χ4v) is 3.01. The van der Waals surface area contributed by atoms with Crippen LogP contribution in [0.25, 0.3) is 0 Å². The molecule has 0 bridgehead atoms. The predicted molar refractivity (Wildman–Crippen MR) is 82.3 cm³/mol. The number of nitrogens with one attached hydrogen (secondary N) is 1. The van der Waals surface area contributed by atoms with Crippen LogP contribution >= 0.6 is 0 Å². The Kier molecular flexibility index (Phi) is 5.02. The Labute approximate surface area is 129 Å². The van der Waals surface area contributed by atoms with Gasteiger partial charge in [0.2, 0.25) is 0 Å². The molecule has 7 nitrogen and oxygen atoms in total. The Bertz CT molecular complexity index is 647. The van der Waals surface area contributed by atoms with Gasteiger partial charge in [0, 0.05) is 19.3 Å². The minimum atomic E-state index is -3.65. The van der Waals surface area contributed by atoms with Crippen LogP contribution < -0.4 is 4.83 Å². The van der Waals surface area contributed by atoms with Gasteiger partial charge in [-0.05, 0) is 37.8 Å². The average Bonchev–Trinajstić information content (AvgIpc) is 2.48. The third-order valence-electron chi connectivity index (χ3n) is 3.60. The first-order valence-electron chi connectivity index (χ1n) is 6.98. The molecule has 1 aromatic rings. The lowest BCUT2D eigenvalue weighted by Gasteiger charge is -2.27. The molecule has 1 aliphatic heterocycles. The summed E-state index contributed by atoms with van der Waals surface area (Å²) < 4.78 is 24.0.